The minimum atomic E-state index is -0.274. The van der Waals surface area contributed by atoms with Crippen LogP contribution in [0, 0.1) is 5.92 Å². The Balaban J connectivity index is 2.06. The van der Waals surface area contributed by atoms with Crippen molar-refractivity contribution in [1.82, 2.24) is 5.32 Å². The molecule has 1 aromatic carbocycles. The SMILES string of the molecule is CC(CN)C(C)NC(=O)C1(c2ccccc2)CC1. The summed E-state index contributed by atoms with van der Waals surface area (Å²) < 4.78 is 0. The fourth-order valence-electron chi connectivity index (χ4n) is 2.22. The number of rotatable bonds is 5. The predicted octanol–water partition coefficient (Wildman–Crippen LogP) is 1.82. The van der Waals surface area contributed by atoms with Crippen molar-refractivity contribution in [3.05, 3.63) is 35.9 Å². The van der Waals surface area contributed by atoms with Gasteiger partial charge in [0.25, 0.3) is 0 Å². The molecule has 1 saturated carbocycles. The Morgan fingerprint density at radius 3 is 2.44 bits per heavy atom. The van der Waals surface area contributed by atoms with Gasteiger partial charge in [0, 0.05) is 6.04 Å². The number of nitrogens with two attached hydrogens (primary N) is 1. The summed E-state index contributed by atoms with van der Waals surface area (Å²) in [6.07, 6.45) is 1.90. The van der Waals surface area contributed by atoms with Gasteiger partial charge in [-0.3, -0.25) is 4.79 Å². The number of benzene rings is 1. The smallest absolute Gasteiger partial charge is 0.230 e. The van der Waals surface area contributed by atoms with Gasteiger partial charge in [-0.2, -0.15) is 0 Å². The van der Waals surface area contributed by atoms with E-state index in [1.54, 1.807) is 0 Å². The molecular weight excluding hydrogens is 224 g/mol. The zero-order valence-corrected chi connectivity index (χ0v) is 11.1. The topological polar surface area (TPSA) is 55.1 Å². The van der Waals surface area contributed by atoms with E-state index in [0.717, 1.165) is 18.4 Å². The Labute approximate surface area is 109 Å². The van der Waals surface area contributed by atoms with Gasteiger partial charge < -0.3 is 11.1 Å². The van der Waals surface area contributed by atoms with E-state index in [1.807, 2.05) is 37.3 Å². The van der Waals surface area contributed by atoms with Crippen molar-refractivity contribution in [3.8, 4) is 0 Å². The number of amides is 1. The molecule has 98 valence electrons. The van der Waals surface area contributed by atoms with Gasteiger partial charge in [-0.15, -0.1) is 0 Å². The minimum absolute atomic E-state index is 0.128. The Morgan fingerprint density at radius 1 is 1.33 bits per heavy atom. The molecule has 1 aromatic rings. The standard InChI is InChI=1S/C15H22N2O/c1-11(10-16)12(2)17-14(18)15(8-9-15)13-6-4-3-5-7-13/h3-7,11-12H,8-10,16H2,1-2H3,(H,17,18). The third-order valence-corrected chi connectivity index (χ3v) is 4.10. The van der Waals surface area contributed by atoms with Crippen LogP contribution in [-0.4, -0.2) is 18.5 Å². The summed E-state index contributed by atoms with van der Waals surface area (Å²) in [5.41, 5.74) is 6.49. The highest BCUT2D eigenvalue weighted by atomic mass is 16.2. The van der Waals surface area contributed by atoms with Crippen LogP contribution in [0.4, 0.5) is 0 Å². The molecule has 0 radical (unpaired) electrons. The van der Waals surface area contributed by atoms with Crippen molar-refractivity contribution in [2.45, 2.75) is 38.1 Å². The van der Waals surface area contributed by atoms with Crippen molar-refractivity contribution in [2.75, 3.05) is 6.54 Å². The van der Waals surface area contributed by atoms with E-state index in [0.29, 0.717) is 12.5 Å². The van der Waals surface area contributed by atoms with Gasteiger partial charge in [-0.1, -0.05) is 37.3 Å². The van der Waals surface area contributed by atoms with E-state index in [1.165, 1.54) is 0 Å². The van der Waals surface area contributed by atoms with E-state index in [2.05, 4.69) is 12.2 Å². The summed E-state index contributed by atoms with van der Waals surface area (Å²) in [4.78, 5) is 12.4. The number of carbonyl (C=O) groups excluding carboxylic acids is 1. The maximum Gasteiger partial charge on any atom is 0.230 e. The number of carbonyl (C=O) groups is 1. The largest absolute Gasteiger partial charge is 0.353 e. The second kappa shape index (κ2) is 5.11. The second-order valence-corrected chi connectivity index (χ2v) is 5.42. The molecular formula is C15H22N2O. The molecule has 0 aliphatic heterocycles. The molecule has 3 N–H and O–H groups in total. The second-order valence-electron chi connectivity index (χ2n) is 5.42. The van der Waals surface area contributed by atoms with Gasteiger partial charge in [0.1, 0.15) is 0 Å². The van der Waals surface area contributed by atoms with Crippen molar-refractivity contribution in [3.63, 3.8) is 0 Å². The van der Waals surface area contributed by atoms with E-state index in [-0.39, 0.29) is 17.4 Å². The van der Waals surface area contributed by atoms with Crippen molar-refractivity contribution in [1.29, 1.82) is 0 Å². The van der Waals surface area contributed by atoms with Gasteiger partial charge in [0.05, 0.1) is 5.41 Å². The normalized spacial score (nSPS) is 19.9. The highest BCUT2D eigenvalue weighted by Gasteiger charge is 2.51. The Hall–Kier alpha value is -1.35. The maximum absolute atomic E-state index is 12.4. The van der Waals surface area contributed by atoms with Gasteiger partial charge in [0.2, 0.25) is 5.91 Å². The molecule has 0 spiro atoms. The lowest BCUT2D eigenvalue weighted by molar-refractivity contribution is -0.124. The van der Waals surface area contributed by atoms with Crippen LogP contribution in [0.3, 0.4) is 0 Å². The van der Waals surface area contributed by atoms with E-state index >= 15 is 0 Å². The van der Waals surface area contributed by atoms with Crippen LogP contribution in [0.2, 0.25) is 0 Å². The molecule has 0 saturated heterocycles. The Bertz CT molecular complexity index is 412. The van der Waals surface area contributed by atoms with Crippen LogP contribution in [0.15, 0.2) is 30.3 Å². The molecule has 1 amide bonds. The third-order valence-electron chi connectivity index (χ3n) is 4.10. The molecule has 0 heterocycles. The van der Waals surface area contributed by atoms with Crippen LogP contribution in [-0.2, 0) is 10.2 Å². The highest BCUT2D eigenvalue weighted by Crippen LogP contribution is 2.48. The quantitative estimate of drug-likeness (QED) is 0.832. The van der Waals surface area contributed by atoms with E-state index in [4.69, 9.17) is 5.73 Å². The monoisotopic (exact) mass is 246 g/mol. The zero-order valence-electron chi connectivity index (χ0n) is 11.1. The fourth-order valence-corrected chi connectivity index (χ4v) is 2.22. The first-order chi connectivity index (χ1) is 8.60. The molecule has 1 fully saturated rings. The summed E-state index contributed by atoms with van der Waals surface area (Å²) in [6.45, 7) is 4.68. The van der Waals surface area contributed by atoms with Gasteiger partial charge in [-0.25, -0.2) is 0 Å². The van der Waals surface area contributed by atoms with Crippen LogP contribution >= 0.6 is 0 Å². The lowest BCUT2D eigenvalue weighted by Gasteiger charge is -2.23. The summed E-state index contributed by atoms with van der Waals surface area (Å²) in [5, 5.41) is 3.11. The first kappa shape index (κ1) is 13.1. The van der Waals surface area contributed by atoms with Crippen molar-refractivity contribution in [2.24, 2.45) is 11.7 Å². The molecule has 0 bridgehead atoms. The molecule has 3 nitrogen and oxygen atoms in total. The van der Waals surface area contributed by atoms with Gasteiger partial charge >= 0.3 is 0 Å². The van der Waals surface area contributed by atoms with Crippen LogP contribution < -0.4 is 11.1 Å². The summed E-state index contributed by atoms with van der Waals surface area (Å²) >= 11 is 0. The lowest BCUT2D eigenvalue weighted by atomic mass is 9.94. The minimum Gasteiger partial charge on any atom is -0.353 e. The summed E-state index contributed by atoms with van der Waals surface area (Å²) in [7, 11) is 0. The molecule has 0 aromatic heterocycles. The Morgan fingerprint density at radius 2 is 1.94 bits per heavy atom. The summed E-state index contributed by atoms with van der Waals surface area (Å²) in [5.74, 6) is 0.460. The van der Waals surface area contributed by atoms with Gasteiger partial charge in [0.15, 0.2) is 0 Å². The van der Waals surface area contributed by atoms with Crippen molar-refractivity contribution >= 4 is 5.91 Å². The number of nitrogens with one attached hydrogen (secondary N) is 1. The fraction of sp³-hybridized carbons (Fsp3) is 0.533. The maximum atomic E-state index is 12.4. The molecule has 2 atom stereocenters. The average molecular weight is 246 g/mol. The van der Waals surface area contributed by atoms with Crippen LogP contribution in [0.5, 0.6) is 0 Å². The molecule has 2 unspecified atom stereocenters. The Kier molecular flexibility index (Phi) is 3.71. The van der Waals surface area contributed by atoms with Crippen molar-refractivity contribution < 1.29 is 4.79 Å². The predicted molar refractivity (Wildman–Crippen MR) is 73.2 cm³/mol. The molecule has 1 aliphatic carbocycles. The van der Waals surface area contributed by atoms with Crippen LogP contribution in [0.1, 0.15) is 32.3 Å². The first-order valence-corrected chi connectivity index (χ1v) is 6.67. The first-order valence-electron chi connectivity index (χ1n) is 6.67. The third kappa shape index (κ3) is 2.41. The summed E-state index contributed by atoms with van der Waals surface area (Å²) in [6, 6.07) is 10.2. The van der Waals surface area contributed by atoms with E-state index < -0.39 is 0 Å². The van der Waals surface area contributed by atoms with E-state index in [9.17, 15) is 4.79 Å². The van der Waals surface area contributed by atoms with Gasteiger partial charge in [-0.05, 0) is 37.8 Å². The number of hydrogen-bond acceptors (Lipinski definition) is 2. The lowest BCUT2D eigenvalue weighted by Crippen LogP contribution is -2.44. The van der Waals surface area contributed by atoms with Crippen LogP contribution in [0.25, 0.3) is 0 Å². The molecule has 3 heteroatoms. The average Bonchev–Trinajstić information content (AvgIpc) is 3.20. The molecule has 18 heavy (non-hydrogen) atoms. The zero-order chi connectivity index (χ0) is 13.2. The molecule has 2 rings (SSSR count). The number of hydrogen-bond donors (Lipinski definition) is 2. The molecule has 1 aliphatic rings. The highest BCUT2D eigenvalue weighted by molar-refractivity contribution is 5.91.